The molecule has 0 heterocycles. The molecule has 5 heteroatoms. The van der Waals surface area contributed by atoms with Crippen LogP contribution in [0, 0.1) is 6.07 Å². The molecule has 1 aromatic rings. The van der Waals surface area contributed by atoms with Crippen molar-refractivity contribution in [1.82, 2.24) is 0 Å². The third kappa shape index (κ3) is 1.10. The Bertz CT molecular complexity index is 343. The SMILES string of the molecule is ClC1(Cl)C(Cl)(Cl)C1(Cl)c1[c]cccc1. The third-order valence-electron chi connectivity index (χ3n) is 2.28. The van der Waals surface area contributed by atoms with Crippen LogP contribution in [0.5, 0.6) is 0 Å². The maximum absolute atomic E-state index is 6.19. The van der Waals surface area contributed by atoms with Crippen LogP contribution in [0.15, 0.2) is 24.3 Å². The van der Waals surface area contributed by atoms with Crippen LogP contribution in [0.1, 0.15) is 5.56 Å². The van der Waals surface area contributed by atoms with Crippen LogP contribution in [0.3, 0.4) is 0 Å². The number of rotatable bonds is 1. The highest BCUT2D eigenvalue weighted by molar-refractivity contribution is 6.74. The summed E-state index contributed by atoms with van der Waals surface area (Å²) in [7, 11) is 0. The Balaban J connectivity index is 2.48. The zero-order valence-electron chi connectivity index (χ0n) is 6.70. The van der Waals surface area contributed by atoms with Gasteiger partial charge in [-0.15, -0.1) is 11.6 Å². The lowest BCUT2D eigenvalue weighted by molar-refractivity contribution is 0.978. The lowest BCUT2D eigenvalue weighted by Crippen LogP contribution is -2.07. The molecule has 75 valence electrons. The summed E-state index contributed by atoms with van der Waals surface area (Å²) in [4.78, 5) is -1.19. The molecule has 0 nitrogen and oxygen atoms in total. The van der Waals surface area contributed by atoms with Crippen molar-refractivity contribution in [2.45, 2.75) is 13.5 Å². The van der Waals surface area contributed by atoms with Crippen LogP contribution in [-0.4, -0.2) is 8.67 Å². The molecule has 1 aromatic carbocycles. The minimum Gasteiger partial charge on any atom is -0.107 e. The van der Waals surface area contributed by atoms with Crippen molar-refractivity contribution in [1.29, 1.82) is 0 Å². The van der Waals surface area contributed by atoms with E-state index >= 15 is 0 Å². The van der Waals surface area contributed by atoms with E-state index in [2.05, 4.69) is 6.07 Å². The van der Waals surface area contributed by atoms with Gasteiger partial charge in [0.15, 0.2) is 8.67 Å². The summed E-state index contributed by atoms with van der Waals surface area (Å²) in [5.41, 5.74) is 0.594. The van der Waals surface area contributed by atoms with E-state index in [0.717, 1.165) is 0 Å². The molecule has 0 saturated heterocycles. The van der Waals surface area contributed by atoms with E-state index in [-0.39, 0.29) is 0 Å². The number of benzene rings is 1. The van der Waals surface area contributed by atoms with Crippen molar-refractivity contribution in [3.63, 3.8) is 0 Å². The summed E-state index contributed by atoms with van der Waals surface area (Å²) in [6.07, 6.45) is 0. The van der Waals surface area contributed by atoms with Gasteiger partial charge in [-0.25, -0.2) is 0 Å². The van der Waals surface area contributed by atoms with Gasteiger partial charge in [0, 0.05) is 0 Å². The minimum atomic E-state index is -1.39. The third-order valence-corrected chi connectivity index (χ3v) is 6.09. The molecule has 0 aromatic heterocycles. The largest absolute Gasteiger partial charge is 0.179 e. The summed E-state index contributed by atoms with van der Waals surface area (Å²) >= 11 is 29.9. The van der Waals surface area contributed by atoms with Gasteiger partial charge < -0.3 is 0 Å². The Morgan fingerprint density at radius 1 is 0.929 bits per heavy atom. The van der Waals surface area contributed by atoms with Crippen LogP contribution in [0.4, 0.5) is 0 Å². The average molecular weight is 289 g/mol. The molecule has 0 spiro atoms. The fraction of sp³-hybridized carbons (Fsp3) is 0.333. The van der Waals surface area contributed by atoms with Crippen molar-refractivity contribution in [2.24, 2.45) is 0 Å². The maximum Gasteiger partial charge on any atom is 0.179 e. The van der Waals surface area contributed by atoms with Gasteiger partial charge in [0.2, 0.25) is 0 Å². The second-order valence-electron chi connectivity index (χ2n) is 3.08. The van der Waals surface area contributed by atoms with Crippen molar-refractivity contribution >= 4 is 58.0 Å². The van der Waals surface area contributed by atoms with Gasteiger partial charge in [-0.05, 0) is 11.6 Å². The first-order chi connectivity index (χ1) is 6.36. The summed E-state index contributed by atoms with van der Waals surface area (Å²) in [5.74, 6) is 0. The maximum atomic E-state index is 6.19. The number of hydrogen-bond acceptors (Lipinski definition) is 0. The van der Waals surface area contributed by atoms with Crippen LogP contribution in [0.25, 0.3) is 0 Å². The second kappa shape index (κ2) is 3.09. The smallest absolute Gasteiger partial charge is 0.107 e. The molecule has 1 aliphatic rings. The molecule has 0 N–H and O–H groups in total. The van der Waals surface area contributed by atoms with Gasteiger partial charge in [0.25, 0.3) is 0 Å². The van der Waals surface area contributed by atoms with E-state index in [9.17, 15) is 0 Å². The molecular formula is C9H4Cl5. The number of halogens is 5. The van der Waals surface area contributed by atoms with Gasteiger partial charge in [-0.2, -0.15) is 0 Å². The predicted octanol–water partition coefficient (Wildman–Crippen LogP) is 4.28. The van der Waals surface area contributed by atoms with Crippen molar-refractivity contribution < 1.29 is 0 Å². The Morgan fingerprint density at radius 3 is 1.86 bits per heavy atom. The van der Waals surface area contributed by atoms with E-state index < -0.39 is 13.5 Å². The standard InChI is InChI=1S/C9H4Cl5/c10-7(6-4-2-1-3-5-6)8(11,12)9(7,13)14/h1-4H. The zero-order chi connectivity index (χ0) is 10.6. The van der Waals surface area contributed by atoms with Crippen molar-refractivity contribution in [3.05, 3.63) is 35.9 Å². The quantitative estimate of drug-likeness (QED) is 0.677. The topological polar surface area (TPSA) is 0 Å². The molecule has 2 rings (SSSR count). The molecular weight excluding hydrogens is 285 g/mol. The molecule has 0 bridgehead atoms. The molecule has 1 radical (unpaired) electrons. The van der Waals surface area contributed by atoms with Crippen LogP contribution in [0.2, 0.25) is 0 Å². The number of hydrogen-bond donors (Lipinski definition) is 0. The first-order valence-corrected chi connectivity index (χ1v) is 5.66. The van der Waals surface area contributed by atoms with Crippen molar-refractivity contribution in [3.8, 4) is 0 Å². The van der Waals surface area contributed by atoms with E-state index in [1.165, 1.54) is 0 Å². The molecule has 1 saturated carbocycles. The first kappa shape index (κ1) is 11.2. The Labute approximate surface area is 107 Å². The molecule has 14 heavy (non-hydrogen) atoms. The van der Waals surface area contributed by atoms with Gasteiger partial charge in [0.05, 0.1) is 0 Å². The van der Waals surface area contributed by atoms with Gasteiger partial charge in [-0.1, -0.05) is 70.7 Å². The fourth-order valence-corrected chi connectivity index (χ4v) is 3.43. The van der Waals surface area contributed by atoms with Crippen molar-refractivity contribution in [2.75, 3.05) is 0 Å². The van der Waals surface area contributed by atoms with Crippen LogP contribution in [-0.2, 0) is 4.87 Å². The molecule has 0 atom stereocenters. The molecule has 0 unspecified atom stereocenters. The Kier molecular flexibility index (Phi) is 2.46. The summed E-state index contributed by atoms with van der Waals surface area (Å²) in [5, 5.41) is 0. The minimum absolute atomic E-state index is 0.594. The van der Waals surface area contributed by atoms with E-state index in [4.69, 9.17) is 58.0 Å². The fourth-order valence-electron chi connectivity index (χ4n) is 1.33. The first-order valence-electron chi connectivity index (χ1n) is 3.77. The van der Waals surface area contributed by atoms with E-state index in [1.54, 1.807) is 24.3 Å². The zero-order valence-corrected chi connectivity index (χ0v) is 10.5. The number of alkyl halides is 5. The predicted molar refractivity (Wildman–Crippen MR) is 61.7 cm³/mol. The lowest BCUT2D eigenvalue weighted by Gasteiger charge is -2.08. The van der Waals surface area contributed by atoms with Crippen LogP contribution < -0.4 is 0 Å². The molecule has 0 amide bonds. The molecule has 0 aliphatic heterocycles. The Hall–Kier alpha value is 0.670. The highest BCUT2D eigenvalue weighted by atomic mass is 35.5. The average Bonchev–Trinajstić information content (AvgIpc) is 2.47. The van der Waals surface area contributed by atoms with Crippen LogP contribution >= 0.6 is 58.0 Å². The van der Waals surface area contributed by atoms with E-state index in [0.29, 0.717) is 5.56 Å². The lowest BCUT2D eigenvalue weighted by atomic mass is 10.1. The summed E-state index contributed by atoms with van der Waals surface area (Å²) in [6.45, 7) is 0. The van der Waals surface area contributed by atoms with Gasteiger partial charge in [0.1, 0.15) is 4.87 Å². The summed E-state index contributed by atoms with van der Waals surface area (Å²) < 4.78 is -2.77. The van der Waals surface area contributed by atoms with E-state index in [1.807, 2.05) is 0 Å². The molecule has 1 fully saturated rings. The highest BCUT2D eigenvalue weighted by Gasteiger charge is 2.87. The van der Waals surface area contributed by atoms with Gasteiger partial charge in [-0.3, -0.25) is 0 Å². The Morgan fingerprint density at radius 2 is 1.50 bits per heavy atom. The molecule has 1 aliphatic carbocycles. The monoisotopic (exact) mass is 287 g/mol. The van der Waals surface area contributed by atoms with Gasteiger partial charge >= 0.3 is 0 Å². The normalized spacial score (nSPS) is 25.8. The summed E-state index contributed by atoms with van der Waals surface area (Å²) in [6, 6.07) is 9.95. The second-order valence-corrected chi connectivity index (χ2v) is 6.31. The highest BCUT2D eigenvalue weighted by Crippen LogP contribution is 2.79.